The van der Waals surface area contributed by atoms with Crippen LogP contribution in [0.3, 0.4) is 0 Å². The van der Waals surface area contributed by atoms with Crippen molar-refractivity contribution in [2.24, 2.45) is 0 Å². The quantitative estimate of drug-likeness (QED) is 0.665. The van der Waals surface area contributed by atoms with Crippen LogP contribution in [0.5, 0.6) is 0 Å². The van der Waals surface area contributed by atoms with Crippen LogP contribution in [-0.2, 0) is 0 Å². The fourth-order valence-corrected chi connectivity index (χ4v) is 2.16. The summed E-state index contributed by atoms with van der Waals surface area (Å²) in [5, 5.41) is 0. The normalized spacial score (nSPS) is 17.5. The first-order valence-corrected chi connectivity index (χ1v) is 5.53. The third-order valence-corrected chi connectivity index (χ3v) is 3.03. The fourth-order valence-electron chi connectivity index (χ4n) is 2.16. The molecule has 15 heavy (non-hydrogen) atoms. The van der Waals surface area contributed by atoms with Crippen molar-refractivity contribution in [1.82, 2.24) is 0 Å². The molecule has 0 bridgehead atoms. The van der Waals surface area contributed by atoms with Gasteiger partial charge in [0, 0.05) is 25.7 Å². The summed E-state index contributed by atoms with van der Waals surface area (Å²) in [6.07, 6.45) is 2.56. The van der Waals surface area contributed by atoms with E-state index in [1.807, 2.05) is 13.0 Å². The molecule has 0 spiro atoms. The zero-order valence-corrected chi connectivity index (χ0v) is 9.11. The van der Waals surface area contributed by atoms with Crippen LogP contribution in [0.15, 0.2) is 24.3 Å². The van der Waals surface area contributed by atoms with Gasteiger partial charge in [-0.3, -0.25) is 0 Å². The van der Waals surface area contributed by atoms with Crippen LogP contribution >= 0.6 is 0 Å². The Hall–Kier alpha value is -1.49. The van der Waals surface area contributed by atoms with Crippen LogP contribution in [0.4, 0.5) is 5.69 Å². The molecule has 1 heterocycles. The summed E-state index contributed by atoms with van der Waals surface area (Å²) in [6.45, 7) is 11.4. The summed E-state index contributed by atoms with van der Waals surface area (Å²) >= 11 is 0. The minimum Gasteiger partial charge on any atom is -0.371 e. The van der Waals surface area contributed by atoms with Gasteiger partial charge in [-0.25, -0.2) is 6.57 Å². The Morgan fingerprint density at radius 3 is 2.60 bits per heavy atom. The summed E-state index contributed by atoms with van der Waals surface area (Å²) in [4.78, 5) is 6.01. The van der Waals surface area contributed by atoms with E-state index in [9.17, 15) is 0 Å². The van der Waals surface area contributed by atoms with Crippen molar-refractivity contribution in [3.05, 3.63) is 41.2 Å². The van der Waals surface area contributed by atoms with Crippen molar-refractivity contribution in [3.63, 3.8) is 0 Å². The summed E-state index contributed by atoms with van der Waals surface area (Å²) in [6, 6.07) is 8.28. The minimum absolute atomic E-state index is 0.0261. The summed E-state index contributed by atoms with van der Waals surface area (Å²) in [5.41, 5.74) is 2.44. The van der Waals surface area contributed by atoms with Gasteiger partial charge in [0.15, 0.2) is 0 Å². The molecular formula is C13H16N2. The van der Waals surface area contributed by atoms with Crippen molar-refractivity contribution in [1.29, 1.82) is 0 Å². The lowest BCUT2D eigenvalue weighted by Gasteiger charge is -2.20. The van der Waals surface area contributed by atoms with Gasteiger partial charge in [-0.05, 0) is 25.0 Å². The lowest BCUT2D eigenvalue weighted by atomic mass is 10.1. The molecule has 2 rings (SSSR count). The average Bonchev–Trinajstić information content (AvgIpc) is 2.81. The highest BCUT2D eigenvalue weighted by atomic mass is 15.1. The number of hydrogen-bond donors (Lipinski definition) is 0. The van der Waals surface area contributed by atoms with E-state index in [0.29, 0.717) is 0 Å². The molecule has 0 aliphatic carbocycles. The van der Waals surface area contributed by atoms with E-state index in [0.717, 1.165) is 13.1 Å². The molecule has 1 fully saturated rings. The molecule has 0 saturated carbocycles. The third kappa shape index (κ3) is 1.97. The van der Waals surface area contributed by atoms with Crippen molar-refractivity contribution >= 4 is 5.69 Å². The van der Waals surface area contributed by atoms with E-state index < -0.39 is 0 Å². The van der Waals surface area contributed by atoms with Crippen LogP contribution < -0.4 is 4.90 Å². The maximum Gasteiger partial charge on any atom is 0.247 e. The van der Waals surface area contributed by atoms with E-state index in [-0.39, 0.29) is 6.04 Å². The van der Waals surface area contributed by atoms with Crippen LogP contribution in [0, 0.1) is 6.57 Å². The number of anilines is 1. The van der Waals surface area contributed by atoms with Gasteiger partial charge in [-0.15, -0.1) is 0 Å². The molecule has 2 nitrogen and oxygen atoms in total. The standard InChI is InChI=1S/C13H16N2/c1-11(14-2)12-7-3-4-8-13(12)15-9-5-6-10-15/h3-4,7-8,11H,5-6,9-10H2,1H3. The third-order valence-electron chi connectivity index (χ3n) is 3.03. The largest absolute Gasteiger partial charge is 0.371 e. The first-order chi connectivity index (χ1) is 7.33. The molecule has 1 aliphatic heterocycles. The van der Waals surface area contributed by atoms with Gasteiger partial charge in [-0.1, -0.05) is 12.1 Å². The molecule has 0 N–H and O–H groups in total. The van der Waals surface area contributed by atoms with E-state index in [4.69, 9.17) is 6.57 Å². The zero-order valence-electron chi connectivity index (χ0n) is 9.11. The van der Waals surface area contributed by atoms with Crippen molar-refractivity contribution in [3.8, 4) is 0 Å². The fraction of sp³-hybridized carbons (Fsp3) is 0.462. The van der Waals surface area contributed by atoms with Crippen LogP contribution in [-0.4, -0.2) is 13.1 Å². The Labute approximate surface area is 91.3 Å². The van der Waals surface area contributed by atoms with Crippen molar-refractivity contribution < 1.29 is 0 Å². The van der Waals surface area contributed by atoms with Gasteiger partial charge in [0.05, 0.1) is 5.56 Å². The maximum absolute atomic E-state index is 7.12. The van der Waals surface area contributed by atoms with Gasteiger partial charge < -0.3 is 9.74 Å². The van der Waals surface area contributed by atoms with Gasteiger partial charge in [0.2, 0.25) is 6.04 Å². The number of rotatable bonds is 2. The average molecular weight is 200 g/mol. The molecule has 1 aromatic carbocycles. The number of para-hydroxylation sites is 1. The van der Waals surface area contributed by atoms with Gasteiger partial charge in [0.1, 0.15) is 0 Å². The van der Waals surface area contributed by atoms with Gasteiger partial charge in [-0.2, -0.15) is 0 Å². The van der Waals surface area contributed by atoms with Crippen LogP contribution in [0.25, 0.3) is 4.85 Å². The minimum atomic E-state index is -0.0261. The Balaban J connectivity index is 2.33. The molecule has 0 aromatic heterocycles. The molecule has 0 amide bonds. The second-order valence-electron chi connectivity index (χ2n) is 4.06. The predicted octanol–water partition coefficient (Wildman–Crippen LogP) is 3.27. The molecule has 1 atom stereocenters. The highest BCUT2D eigenvalue weighted by Crippen LogP contribution is 2.30. The Bertz CT molecular complexity index is 372. The molecular weight excluding hydrogens is 184 g/mol. The molecule has 0 radical (unpaired) electrons. The summed E-state index contributed by atoms with van der Waals surface area (Å²) < 4.78 is 0. The highest BCUT2D eigenvalue weighted by Gasteiger charge is 2.20. The van der Waals surface area contributed by atoms with E-state index in [1.165, 1.54) is 24.1 Å². The Morgan fingerprint density at radius 2 is 1.93 bits per heavy atom. The van der Waals surface area contributed by atoms with Crippen LogP contribution in [0.2, 0.25) is 0 Å². The van der Waals surface area contributed by atoms with Gasteiger partial charge in [0.25, 0.3) is 0 Å². The molecule has 1 aliphatic rings. The molecule has 78 valence electrons. The zero-order chi connectivity index (χ0) is 10.7. The first-order valence-electron chi connectivity index (χ1n) is 5.53. The number of nitrogens with zero attached hydrogens (tertiary/aromatic N) is 2. The number of benzene rings is 1. The first kappa shape index (κ1) is 10.0. The second kappa shape index (κ2) is 4.35. The SMILES string of the molecule is [C-]#[N+]C(C)c1ccccc1N1CCCC1. The molecule has 1 aromatic rings. The topological polar surface area (TPSA) is 7.60 Å². The summed E-state index contributed by atoms with van der Waals surface area (Å²) in [7, 11) is 0. The van der Waals surface area contributed by atoms with E-state index >= 15 is 0 Å². The monoisotopic (exact) mass is 200 g/mol. The molecule has 1 saturated heterocycles. The van der Waals surface area contributed by atoms with E-state index in [2.05, 4.69) is 27.9 Å². The molecule has 2 heteroatoms. The lowest BCUT2D eigenvalue weighted by molar-refractivity contribution is 0.906. The Kier molecular flexibility index (Phi) is 2.91. The lowest BCUT2D eigenvalue weighted by Crippen LogP contribution is -2.19. The van der Waals surface area contributed by atoms with Crippen molar-refractivity contribution in [2.45, 2.75) is 25.8 Å². The highest BCUT2D eigenvalue weighted by molar-refractivity contribution is 5.56. The maximum atomic E-state index is 7.12. The molecule has 1 unspecified atom stereocenters. The second-order valence-corrected chi connectivity index (χ2v) is 4.06. The summed E-state index contributed by atoms with van der Waals surface area (Å²) in [5.74, 6) is 0. The van der Waals surface area contributed by atoms with Gasteiger partial charge >= 0.3 is 0 Å². The Morgan fingerprint density at radius 1 is 1.27 bits per heavy atom. The smallest absolute Gasteiger partial charge is 0.247 e. The predicted molar refractivity (Wildman–Crippen MR) is 62.9 cm³/mol. The number of hydrogen-bond acceptors (Lipinski definition) is 1. The van der Waals surface area contributed by atoms with Crippen LogP contribution in [0.1, 0.15) is 31.4 Å². The van der Waals surface area contributed by atoms with Crippen molar-refractivity contribution in [2.75, 3.05) is 18.0 Å². The van der Waals surface area contributed by atoms with E-state index in [1.54, 1.807) is 0 Å².